The van der Waals surface area contributed by atoms with E-state index >= 15 is 0 Å². The van der Waals surface area contributed by atoms with Gasteiger partial charge < -0.3 is 10.1 Å². The molecule has 1 N–H and O–H groups in total. The van der Waals surface area contributed by atoms with E-state index in [9.17, 15) is 18.0 Å². The van der Waals surface area contributed by atoms with Crippen molar-refractivity contribution in [3.8, 4) is 0 Å². The Hall–Kier alpha value is -0.820. The minimum absolute atomic E-state index is 0.296. The van der Waals surface area contributed by atoms with Crippen molar-refractivity contribution in [1.82, 2.24) is 10.2 Å². The first-order valence-corrected chi connectivity index (χ1v) is 6.25. The third-order valence-electron chi connectivity index (χ3n) is 3.19. The van der Waals surface area contributed by atoms with E-state index in [1.54, 1.807) is 20.9 Å². The van der Waals surface area contributed by atoms with Crippen LogP contribution in [0.2, 0.25) is 0 Å². The van der Waals surface area contributed by atoms with Crippen LogP contribution in [0.3, 0.4) is 0 Å². The van der Waals surface area contributed by atoms with Gasteiger partial charge >= 0.3 is 12.1 Å². The van der Waals surface area contributed by atoms with Gasteiger partial charge in [-0.15, -0.1) is 0 Å². The highest BCUT2D eigenvalue weighted by atomic mass is 19.4. The molecule has 0 aliphatic rings. The predicted molar refractivity (Wildman–Crippen MR) is 66.9 cm³/mol. The van der Waals surface area contributed by atoms with Crippen LogP contribution < -0.4 is 5.32 Å². The molecule has 0 saturated heterocycles. The molecule has 1 unspecified atom stereocenters. The quantitative estimate of drug-likeness (QED) is 0.690. The monoisotopic (exact) mass is 284 g/mol. The summed E-state index contributed by atoms with van der Waals surface area (Å²) < 4.78 is 41.5. The van der Waals surface area contributed by atoms with Gasteiger partial charge in [-0.05, 0) is 39.9 Å². The summed E-state index contributed by atoms with van der Waals surface area (Å²) in [6.07, 6.45) is -3.29. The molecule has 0 aliphatic carbocycles. The average Bonchev–Trinajstić information content (AvgIpc) is 2.34. The van der Waals surface area contributed by atoms with Crippen LogP contribution in [0.15, 0.2) is 0 Å². The zero-order valence-electron chi connectivity index (χ0n) is 11.9. The number of esters is 1. The molecule has 0 rings (SSSR count). The molecule has 0 spiro atoms. The van der Waals surface area contributed by atoms with Crippen molar-refractivity contribution in [3.63, 3.8) is 0 Å². The van der Waals surface area contributed by atoms with Crippen LogP contribution in [0, 0.1) is 0 Å². The Balaban J connectivity index is 4.28. The van der Waals surface area contributed by atoms with Gasteiger partial charge in [-0.3, -0.25) is 9.69 Å². The van der Waals surface area contributed by atoms with Gasteiger partial charge in [0.25, 0.3) is 0 Å². The second-order valence-corrected chi connectivity index (χ2v) is 4.66. The Morgan fingerprint density at radius 1 is 1.37 bits per heavy atom. The van der Waals surface area contributed by atoms with Crippen LogP contribution >= 0.6 is 0 Å². The molecule has 7 heteroatoms. The minimum atomic E-state index is -4.19. The summed E-state index contributed by atoms with van der Waals surface area (Å²) in [6, 6.07) is 0. The van der Waals surface area contributed by atoms with E-state index < -0.39 is 24.2 Å². The number of nitrogens with zero attached hydrogens (tertiary/aromatic N) is 1. The number of halogens is 3. The summed E-state index contributed by atoms with van der Waals surface area (Å²) in [4.78, 5) is 12.9. The SMILES string of the molecule is CCN(CCCC(C)(NC)C(=O)OC)CC(F)(F)F. The van der Waals surface area contributed by atoms with Crippen LogP contribution in [-0.4, -0.2) is 56.4 Å². The van der Waals surface area contributed by atoms with Crippen molar-refractivity contribution in [1.29, 1.82) is 0 Å². The van der Waals surface area contributed by atoms with Crippen molar-refractivity contribution in [2.24, 2.45) is 0 Å². The first-order chi connectivity index (χ1) is 8.68. The highest BCUT2D eigenvalue weighted by Gasteiger charge is 2.33. The zero-order chi connectivity index (χ0) is 15.1. The van der Waals surface area contributed by atoms with Crippen molar-refractivity contribution in [2.75, 3.05) is 33.8 Å². The normalized spacial score (nSPS) is 15.4. The van der Waals surface area contributed by atoms with Crippen molar-refractivity contribution < 1.29 is 22.7 Å². The summed E-state index contributed by atoms with van der Waals surface area (Å²) >= 11 is 0. The van der Waals surface area contributed by atoms with E-state index in [4.69, 9.17) is 0 Å². The lowest BCUT2D eigenvalue weighted by Crippen LogP contribution is -2.48. The number of carbonyl (C=O) groups excluding carboxylic acids is 1. The largest absolute Gasteiger partial charge is 0.468 e. The maximum Gasteiger partial charge on any atom is 0.401 e. The van der Waals surface area contributed by atoms with E-state index in [1.165, 1.54) is 12.0 Å². The van der Waals surface area contributed by atoms with E-state index in [-0.39, 0.29) is 0 Å². The Bertz CT molecular complexity index is 285. The van der Waals surface area contributed by atoms with E-state index in [2.05, 4.69) is 10.1 Å². The van der Waals surface area contributed by atoms with E-state index in [0.29, 0.717) is 25.9 Å². The number of rotatable bonds is 8. The van der Waals surface area contributed by atoms with Crippen LogP contribution in [0.1, 0.15) is 26.7 Å². The third kappa shape index (κ3) is 6.77. The van der Waals surface area contributed by atoms with Crippen molar-refractivity contribution >= 4 is 5.97 Å². The number of hydrogen-bond donors (Lipinski definition) is 1. The molecule has 1 atom stereocenters. The number of methoxy groups -OCH3 is 1. The van der Waals surface area contributed by atoms with Crippen molar-refractivity contribution in [3.05, 3.63) is 0 Å². The van der Waals surface area contributed by atoms with Gasteiger partial charge in [0.05, 0.1) is 13.7 Å². The van der Waals surface area contributed by atoms with Gasteiger partial charge in [0.1, 0.15) is 5.54 Å². The number of nitrogens with one attached hydrogen (secondary N) is 1. The second-order valence-electron chi connectivity index (χ2n) is 4.66. The molecule has 0 aromatic rings. The fraction of sp³-hybridized carbons (Fsp3) is 0.917. The Labute approximate surface area is 112 Å². The third-order valence-corrected chi connectivity index (χ3v) is 3.19. The standard InChI is InChI=1S/C12H23F3N2O2/c1-5-17(9-12(13,14)15)8-6-7-11(2,16-3)10(18)19-4/h16H,5-9H2,1-4H3. The van der Waals surface area contributed by atoms with Crippen LogP contribution in [-0.2, 0) is 9.53 Å². The Kier molecular flexibility index (Phi) is 7.36. The van der Waals surface area contributed by atoms with E-state index in [0.717, 1.165) is 0 Å². The number of alkyl halides is 3. The molecule has 114 valence electrons. The maximum absolute atomic E-state index is 12.3. The number of ether oxygens (including phenoxy) is 1. The van der Waals surface area contributed by atoms with Gasteiger partial charge in [-0.1, -0.05) is 6.92 Å². The van der Waals surface area contributed by atoms with Crippen LogP contribution in [0.25, 0.3) is 0 Å². The highest BCUT2D eigenvalue weighted by Crippen LogP contribution is 2.18. The van der Waals surface area contributed by atoms with Gasteiger partial charge in [0, 0.05) is 0 Å². The molecule has 0 heterocycles. The lowest BCUT2D eigenvalue weighted by molar-refractivity contribution is -0.149. The molecule has 0 fully saturated rings. The lowest BCUT2D eigenvalue weighted by atomic mass is 9.96. The molecule has 0 aliphatic heterocycles. The number of likely N-dealkylation sites (N-methyl/N-ethyl adjacent to an activating group) is 1. The summed E-state index contributed by atoms with van der Waals surface area (Å²) in [6.45, 7) is 3.07. The Morgan fingerprint density at radius 2 is 1.95 bits per heavy atom. The molecule has 19 heavy (non-hydrogen) atoms. The predicted octanol–water partition coefficient (Wildman–Crippen LogP) is 1.80. The number of hydrogen-bond acceptors (Lipinski definition) is 4. The first-order valence-electron chi connectivity index (χ1n) is 6.25. The molecular weight excluding hydrogens is 261 g/mol. The lowest BCUT2D eigenvalue weighted by Gasteiger charge is -2.28. The molecular formula is C12H23F3N2O2. The van der Waals surface area contributed by atoms with E-state index in [1.807, 2.05) is 0 Å². The van der Waals surface area contributed by atoms with Crippen molar-refractivity contribution in [2.45, 2.75) is 38.4 Å². The van der Waals surface area contributed by atoms with Gasteiger partial charge in [-0.2, -0.15) is 13.2 Å². The molecule has 0 bridgehead atoms. The zero-order valence-corrected chi connectivity index (χ0v) is 11.9. The van der Waals surface area contributed by atoms with Gasteiger partial charge in [0.15, 0.2) is 0 Å². The molecule has 0 saturated carbocycles. The molecule has 4 nitrogen and oxygen atoms in total. The minimum Gasteiger partial charge on any atom is -0.468 e. The summed E-state index contributed by atoms with van der Waals surface area (Å²) in [7, 11) is 2.92. The molecule has 0 aromatic carbocycles. The summed E-state index contributed by atoms with van der Waals surface area (Å²) in [5.74, 6) is -0.408. The fourth-order valence-electron chi connectivity index (χ4n) is 1.81. The Morgan fingerprint density at radius 3 is 2.32 bits per heavy atom. The van der Waals surface area contributed by atoms with Crippen LogP contribution in [0.5, 0.6) is 0 Å². The summed E-state index contributed by atoms with van der Waals surface area (Å²) in [5, 5.41) is 2.85. The maximum atomic E-state index is 12.3. The highest BCUT2D eigenvalue weighted by molar-refractivity contribution is 5.80. The van der Waals surface area contributed by atoms with Gasteiger partial charge in [-0.25, -0.2) is 0 Å². The molecule has 0 radical (unpaired) electrons. The second kappa shape index (κ2) is 7.69. The van der Waals surface area contributed by atoms with Crippen LogP contribution in [0.4, 0.5) is 13.2 Å². The topological polar surface area (TPSA) is 41.6 Å². The smallest absolute Gasteiger partial charge is 0.401 e. The van der Waals surface area contributed by atoms with Gasteiger partial charge in [0.2, 0.25) is 0 Å². The fourth-order valence-corrected chi connectivity index (χ4v) is 1.81. The molecule has 0 amide bonds. The summed E-state index contributed by atoms with van der Waals surface area (Å²) in [5.41, 5.74) is -0.855. The first kappa shape index (κ1) is 18.2. The number of carbonyl (C=O) groups is 1. The molecule has 0 aromatic heterocycles. The average molecular weight is 284 g/mol.